The highest BCUT2D eigenvalue weighted by Crippen LogP contribution is 2.30. The zero-order valence-corrected chi connectivity index (χ0v) is 22.4. The molecule has 0 aliphatic heterocycles. The minimum atomic E-state index is -0.794. The lowest BCUT2D eigenvalue weighted by atomic mass is 9.94. The SMILES string of the molecule is CCOc1ccc(Nc2nc(C)c(C(=O)CC(=O)C(=O)Nc3ccc(C(C)C)cc3C(C)C)s2)cc1. The summed E-state index contributed by atoms with van der Waals surface area (Å²) in [6.07, 6.45) is -0.515. The quantitative estimate of drug-likeness (QED) is 0.172. The Bertz CT molecular complexity index is 1250. The minimum absolute atomic E-state index is 0.164. The molecule has 1 heterocycles. The van der Waals surface area contributed by atoms with Crippen LogP contribution in [-0.2, 0) is 9.59 Å². The van der Waals surface area contributed by atoms with Crippen LogP contribution in [0.15, 0.2) is 42.5 Å². The van der Waals surface area contributed by atoms with E-state index in [1.165, 1.54) is 0 Å². The van der Waals surface area contributed by atoms with Gasteiger partial charge in [-0.25, -0.2) is 4.98 Å². The van der Waals surface area contributed by atoms with E-state index < -0.39 is 23.9 Å². The van der Waals surface area contributed by atoms with Gasteiger partial charge in [0.2, 0.25) is 5.78 Å². The van der Waals surface area contributed by atoms with Gasteiger partial charge in [-0.05, 0) is 67.1 Å². The van der Waals surface area contributed by atoms with Crippen molar-refractivity contribution in [2.75, 3.05) is 17.2 Å². The van der Waals surface area contributed by atoms with Crippen molar-refractivity contribution in [3.05, 3.63) is 64.2 Å². The molecule has 3 aromatic rings. The molecule has 7 nitrogen and oxygen atoms in total. The van der Waals surface area contributed by atoms with Gasteiger partial charge in [-0.15, -0.1) is 0 Å². The number of carbonyl (C=O) groups excluding carboxylic acids is 3. The summed E-state index contributed by atoms with van der Waals surface area (Å²) in [5, 5.41) is 6.40. The van der Waals surface area contributed by atoms with Crippen LogP contribution >= 0.6 is 11.3 Å². The molecule has 0 bridgehead atoms. The van der Waals surface area contributed by atoms with E-state index in [1.807, 2.05) is 57.2 Å². The largest absolute Gasteiger partial charge is 0.494 e. The Labute approximate surface area is 216 Å². The minimum Gasteiger partial charge on any atom is -0.494 e. The second-order valence-corrected chi connectivity index (χ2v) is 10.1. The zero-order chi connectivity index (χ0) is 26.4. The number of aromatic nitrogens is 1. The van der Waals surface area contributed by atoms with Crippen LogP contribution in [0.5, 0.6) is 5.75 Å². The lowest BCUT2D eigenvalue weighted by molar-refractivity contribution is -0.134. The molecule has 0 unspecified atom stereocenters. The average molecular weight is 508 g/mol. The number of thiazole rings is 1. The van der Waals surface area contributed by atoms with Gasteiger partial charge in [0.25, 0.3) is 5.91 Å². The molecule has 0 aliphatic rings. The number of hydrogen-bond donors (Lipinski definition) is 2. The monoisotopic (exact) mass is 507 g/mol. The van der Waals surface area contributed by atoms with Crippen molar-refractivity contribution in [3.63, 3.8) is 0 Å². The van der Waals surface area contributed by atoms with Crippen molar-refractivity contribution in [2.45, 2.75) is 59.8 Å². The van der Waals surface area contributed by atoms with Crippen molar-refractivity contribution >= 4 is 45.3 Å². The third-order valence-electron chi connectivity index (χ3n) is 5.65. The van der Waals surface area contributed by atoms with Gasteiger partial charge in [0.05, 0.1) is 23.6 Å². The Hall–Kier alpha value is -3.52. The van der Waals surface area contributed by atoms with Crippen LogP contribution in [0.1, 0.15) is 79.4 Å². The number of hydrogen-bond acceptors (Lipinski definition) is 7. The maximum atomic E-state index is 12.8. The molecule has 0 spiro atoms. The number of nitrogens with zero attached hydrogens (tertiary/aromatic N) is 1. The third kappa shape index (κ3) is 6.79. The topological polar surface area (TPSA) is 97.4 Å². The van der Waals surface area contributed by atoms with Crippen LogP contribution in [0.4, 0.5) is 16.5 Å². The fourth-order valence-electron chi connectivity index (χ4n) is 3.66. The van der Waals surface area contributed by atoms with Gasteiger partial charge in [-0.2, -0.15) is 0 Å². The van der Waals surface area contributed by atoms with Crippen molar-refractivity contribution in [3.8, 4) is 5.75 Å². The number of ether oxygens (including phenoxy) is 1. The highest BCUT2D eigenvalue weighted by molar-refractivity contribution is 7.17. The summed E-state index contributed by atoms with van der Waals surface area (Å²) in [6, 6.07) is 13.2. The summed E-state index contributed by atoms with van der Waals surface area (Å²) < 4.78 is 5.44. The highest BCUT2D eigenvalue weighted by Gasteiger charge is 2.24. The van der Waals surface area contributed by atoms with E-state index >= 15 is 0 Å². The predicted molar refractivity (Wildman–Crippen MR) is 145 cm³/mol. The first-order valence-electron chi connectivity index (χ1n) is 12.1. The predicted octanol–water partition coefficient (Wildman–Crippen LogP) is 6.62. The number of benzene rings is 2. The van der Waals surface area contributed by atoms with E-state index in [9.17, 15) is 14.4 Å². The van der Waals surface area contributed by atoms with Gasteiger partial charge in [-0.1, -0.05) is 51.2 Å². The lowest BCUT2D eigenvalue weighted by Crippen LogP contribution is -2.25. The normalized spacial score (nSPS) is 11.0. The summed E-state index contributed by atoms with van der Waals surface area (Å²) in [6.45, 7) is 12.5. The second-order valence-electron chi connectivity index (χ2n) is 9.15. The number of amides is 1. The van der Waals surface area contributed by atoms with Crippen molar-refractivity contribution in [2.24, 2.45) is 0 Å². The second kappa shape index (κ2) is 11.9. The summed E-state index contributed by atoms with van der Waals surface area (Å²) in [5.41, 5.74) is 4.02. The molecule has 2 N–H and O–H groups in total. The van der Waals surface area contributed by atoms with Crippen molar-refractivity contribution < 1.29 is 19.1 Å². The summed E-state index contributed by atoms with van der Waals surface area (Å²) in [7, 11) is 0. The van der Waals surface area contributed by atoms with Gasteiger partial charge in [-0.3, -0.25) is 14.4 Å². The molecule has 190 valence electrons. The fraction of sp³-hybridized carbons (Fsp3) is 0.357. The Balaban J connectivity index is 1.65. The van der Waals surface area contributed by atoms with Gasteiger partial charge in [0, 0.05) is 11.4 Å². The van der Waals surface area contributed by atoms with E-state index in [-0.39, 0.29) is 5.92 Å². The number of Topliss-reactive ketones (excluding diaryl/α,β-unsaturated/α-hetero) is 2. The maximum absolute atomic E-state index is 12.8. The van der Waals surface area contributed by atoms with Crippen LogP contribution < -0.4 is 15.4 Å². The fourth-order valence-corrected chi connectivity index (χ4v) is 4.59. The Morgan fingerprint density at radius 2 is 1.69 bits per heavy atom. The molecule has 0 radical (unpaired) electrons. The Kier molecular flexibility index (Phi) is 8.98. The van der Waals surface area contributed by atoms with E-state index in [4.69, 9.17) is 4.74 Å². The van der Waals surface area contributed by atoms with E-state index in [0.29, 0.717) is 33.9 Å². The zero-order valence-electron chi connectivity index (χ0n) is 21.6. The molecule has 0 fully saturated rings. The number of carbonyl (C=O) groups is 3. The number of aryl methyl sites for hydroxylation is 1. The molecule has 36 heavy (non-hydrogen) atoms. The van der Waals surface area contributed by atoms with Crippen LogP contribution in [0.2, 0.25) is 0 Å². The van der Waals surface area contributed by atoms with E-state index in [0.717, 1.165) is 33.9 Å². The summed E-state index contributed by atoms with van der Waals surface area (Å²) >= 11 is 1.16. The molecule has 8 heteroatoms. The smallest absolute Gasteiger partial charge is 0.292 e. The number of nitrogens with one attached hydrogen (secondary N) is 2. The van der Waals surface area contributed by atoms with Gasteiger partial charge in [0.15, 0.2) is 10.9 Å². The maximum Gasteiger partial charge on any atom is 0.292 e. The van der Waals surface area contributed by atoms with E-state index in [1.54, 1.807) is 6.92 Å². The van der Waals surface area contributed by atoms with Crippen LogP contribution in [0, 0.1) is 6.92 Å². The van der Waals surface area contributed by atoms with Gasteiger partial charge < -0.3 is 15.4 Å². The molecule has 0 saturated heterocycles. The highest BCUT2D eigenvalue weighted by atomic mass is 32.1. The number of ketones is 2. The van der Waals surface area contributed by atoms with Crippen LogP contribution in [0.25, 0.3) is 0 Å². The molecule has 0 atom stereocenters. The summed E-state index contributed by atoms with van der Waals surface area (Å²) in [4.78, 5) is 42.8. The Morgan fingerprint density at radius 3 is 2.31 bits per heavy atom. The molecule has 1 amide bonds. The first-order valence-corrected chi connectivity index (χ1v) is 12.9. The molecule has 0 aliphatic carbocycles. The molecule has 2 aromatic carbocycles. The molecule has 3 rings (SSSR count). The van der Waals surface area contributed by atoms with Crippen molar-refractivity contribution in [1.82, 2.24) is 4.98 Å². The van der Waals surface area contributed by atoms with Crippen LogP contribution in [0.3, 0.4) is 0 Å². The average Bonchev–Trinajstić information content (AvgIpc) is 3.20. The number of rotatable bonds is 11. The van der Waals surface area contributed by atoms with Gasteiger partial charge >= 0.3 is 0 Å². The molecular formula is C28H33N3O4S. The first-order chi connectivity index (χ1) is 17.1. The standard InChI is InChI=1S/C28H33N3O4S/c1-7-35-21-11-9-20(10-12-21)30-28-29-18(6)26(36-28)24(32)15-25(33)27(34)31-23-13-8-19(16(2)3)14-22(23)17(4)5/h8-14,16-17H,7,15H2,1-6H3,(H,29,30)(H,31,34). The summed E-state index contributed by atoms with van der Waals surface area (Å²) in [5.74, 6) is -0.722. The first kappa shape index (κ1) is 27.1. The van der Waals surface area contributed by atoms with Gasteiger partial charge in [0.1, 0.15) is 5.75 Å². The number of anilines is 3. The third-order valence-corrected chi connectivity index (χ3v) is 6.77. The van der Waals surface area contributed by atoms with Crippen molar-refractivity contribution in [1.29, 1.82) is 0 Å². The molecule has 0 saturated carbocycles. The lowest BCUT2D eigenvalue weighted by Gasteiger charge is -2.16. The van der Waals surface area contributed by atoms with E-state index in [2.05, 4.69) is 35.5 Å². The Morgan fingerprint density at radius 1 is 1.00 bits per heavy atom. The van der Waals surface area contributed by atoms with Crippen LogP contribution in [-0.4, -0.2) is 29.1 Å². The molecular weight excluding hydrogens is 474 g/mol. The molecule has 1 aromatic heterocycles.